The first-order valence-electron chi connectivity index (χ1n) is 5.73. The molecule has 0 aliphatic rings. The van der Waals surface area contributed by atoms with Crippen molar-refractivity contribution in [3.05, 3.63) is 109 Å². The molecular formula is C18H18Cl2Cu4IPPd. The number of hydrogen-bond donors (Lipinski definition) is 0. The number of halogens is 3. The molecule has 0 spiro atoms. The molecule has 0 fully saturated rings. The molecule has 0 aromatic heterocycles. The van der Waals surface area contributed by atoms with Crippen molar-refractivity contribution in [1.82, 2.24) is 0 Å². The van der Waals surface area contributed by atoms with Gasteiger partial charge in [-0.05, 0) is 0 Å². The van der Waals surface area contributed by atoms with E-state index in [0.29, 0.717) is 0 Å². The Morgan fingerprint density at radius 3 is 0.556 bits per heavy atom. The molecule has 0 aliphatic heterocycles. The van der Waals surface area contributed by atoms with Crippen LogP contribution in [-0.2, 0) is 88.7 Å². The fourth-order valence-corrected chi connectivity index (χ4v) is 1.03. The normalized spacial score (nSPS) is 5.33. The smallest absolute Gasteiger partial charge is 1.00 e. The Hall–Kier alpha value is 2.14. The van der Waals surface area contributed by atoms with E-state index in [9.17, 15) is 0 Å². The summed E-state index contributed by atoms with van der Waals surface area (Å²) in [7, 11) is 0. The van der Waals surface area contributed by atoms with Crippen molar-refractivity contribution in [3.8, 4) is 0 Å². The van der Waals surface area contributed by atoms with Gasteiger partial charge in [0.25, 0.3) is 0 Å². The predicted octanol–water partition coefficient (Wildman–Crippen LogP) is -4.48. The van der Waals surface area contributed by atoms with Crippen molar-refractivity contribution < 1.29 is 137 Å². The summed E-state index contributed by atoms with van der Waals surface area (Å²) < 4.78 is 0. The van der Waals surface area contributed by atoms with Crippen molar-refractivity contribution >= 4 is 9.90 Å². The summed E-state index contributed by atoms with van der Waals surface area (Å²) in [4.78, 5) is 0. The van der Waals surface area contributed by atoms with Gasteiger partial charge in [0.15, 0.2) is 0 Å². The Labute approximate surface area is 253 Å². The van der Waals surface area contributed by atoms with E-state index < -0.39 is 0 Å². The maximum atomic E-state index is 2.89. The molecule has 3 aromatic carbocycles. The minimum Gasteiger partial charge on any atom is -1.00 e. The van der Waals surface area contributed by atoms with Gasteiger partial charge in [-0.1, -0.05) is 0 Å². The molecule has 0 saturated heterocycles. The van der Waals surface area contributed by atoms with E-state index in [0.717, 1.165) is 0 Å². The van der Waals surface area contributed by atoms with E-state index in [1.54, 1.807) is 0 Å². The van der Waals surface area contributed by atoms with Gasteiger partial charge in [-0.3, -0.25) is 0 Å². The van der Waals surface area contributed by atoms with Crippen LogP contribution in [0, 0.1) is 18.2 Å². The van der Waals surface area contributed by atoms with Crippen molar-refractivity contribution in [2.24, 2.45) is 0 Å². The standard InChI is InChI=1S/3C6H5.2ClH.4Cu.HI.H3P.Pd/c3*1-2-4-6-5-3-1;;;;;;;;;/h3*1-5H;2*1H;;;;;1H;1H3;/q3*-1;;;4*+1;;;+2/p-3. The van der Waals surface area contributed by atoms with Gasteiger partial charge in [0, 0.05) is 0 Å². The summed E-state index contributed by atoms with van der Waals surface area (Å²) in [6.45, 7) is 0. The van der Waals surface area contributed by atoms with Crippen molar-refractivity contribution in [2.45, 2.75) is 0 Å². The Morgan fingerprint density at radius 2 is 0.519 bits per heavy atom. The zero-order valence-electron chi connectivity index (χ0n) is 13.5. The van der Waals surface area contributed by atoms with Gasteiger partial charge < -0.3 is 48.8 Å². The maximum Gasteiger partial charge on any atom is 2.00 e. The Morgan fingerprint density at radius 1 is 0.370 bits per heavy atom. The zero-order chi connectivity index (χ0) is 12.7. The fourth-order valence-electron chi connectivity index (χ4n) is 1.03. The third kappa shape index (κ3) is 47.4. The van der Waals surface area contributed by atoms with Crippen molar-refractivity contribution in [1.29, 1.82) is 0 Å². The summed E-state index contributed by atoms with van der Waals surface area (Å²) in [5, 5.41) is 0. The van der Waals surface area contributed by atoms with E-state index in [2.05, 4.69) is 18.2 Å². The average molecular weight is 824 g/mol. The van der Waals surface area contributed by atoms with Gasteiger partial charge in [0.05, 0.1) is 0 Å². The first-order chi connectivity index (χ1) is 9.00. The van der Waals surface area contributed by atoms with Crippen LogP contribution in [0.1, 0.15) is 0 Å². The molecule has 9 heteroatoms. The van der Waals surface area contributed by atoms with E-state index in [4.69, 9.17) is 0 Å². The minimum atomic E-state index is 0. The van der Waals surface area contributed by atoms with Crippen LogP contribution in [0.15, 0.2) is 91.0 Å². The van der Waals surface area contributed by atoms with Crippen LogP contribution in [0.5, 0.6) is 0 Å². The Kier molecular flexibility index (Phi) is 108. The number of rotatable bonds is 0. The second-order valence-corrected chi connectivity index (χ2v) is 3.23. The van der Waals surface area contributed by atoms with E-state index in [-0.39, 0.29) is 147 Å². The van der Waals surface area contributed by atoms with Gasteiger partial charge in [-0.15, -0.1) is 0 Å². The number of hydrogen-bond acceptors (Lipinski definition) is 0. The van der Waals surface area contributed by atoms with E-state index in [1.165, 1.54) is 0 Å². The monoisotopic (exact) mass is 820 g/mol. The van der Waals surface area contributed by atoms with E-state index >= 15 is 0 Å². The maximum absolute atomic E-state index is 2.89. The summed E-state index contributed by atoms with van der Waals surface area (Å²) in [5.41, 5.74) is 0. The van der Waals surface area contributed by atoms with Gasteiger partial charge >= 0.3 is 88.7 Å². The molecule has 170 valence electrons. The SMILES string of the molecule is P.[Cl-].[Cl-].[Cu+].[Cu+].[Cu+].[Cu+].[I-].[Pd+2].[c-]1ccccc1.[c-]1ccccc1.[c-]1ccccc1. The molecule has 0 aliphatic carbocycles. The van der Waals surface area contributed by atoms with Crippen LogP contribution in [0.3, 0.4) is 0 Å². The van der Waals surface area contributed by atoms with Gasteiger partial charge in [0.2, 0.25) is 0 Å². The molecule has 3 aromatic rings. The molecule has 0 nitrogen and oxygen atoms in total. The number of benzene rings is 3. The largest absolute Gasteiger partial charge is 2.00 e. The second kappa shape index (κ2) is 51.1. The van der Waals surface area contributed by atoms with Crippen LogP contribution < -0.4 is 48.8 Å². The van der Waals surface area contributed by atoms with Gasteiger partial charge in [0.1, 0.15) is 0 Å². The summed E-state index contributed by atoms with van der Waals surface area (Å²) >= 11 is 0. The molecular weight excluding hydrogens is 806 g/mol. The predicted molar refractivity (Wildman–Crippen MR) is 86.9 cm³/mol. The molecule has 27 heavy (non-hydrogen) atoms. The molecule has 1 atom stereocenters. The van der Waals surface area contributed by atoms with Crippen LogP contribution in [0.4, 0.5) is 0 Å². The summed E-state index contributed by atoms with van der Waals surface area (Å²) in [6, 6.07) is 37.5. The van der Waals surface area contributed by atoms with Crippen molar-refractivity contribution in [2.75, 3.05) is 0 Å². The molecule has 0 saturated carbocycles. The molecule has 0 radical (unpaired) electrons. The third-order valence-electron chi connectivity index (χ3n) is 1.82. The molecule has 0 N–H and O–H groups in total. The summed E-state index contributed by atoms with van der Waals surface area (Å²) in [6.07, 6.45) is 0. The topological polar surface area (TPSA) is 0 Å². The Balaban J connectivity index is -0.0000000220. The molecule has 0 amide bonds. The summed E-state index contributed by atoms with van der Waals surface area (Å²) in [5.74, 6) is 0. The average Bonchev–Trinajstić information content (AvgIpc) is 2.54. The van der Waals surface area contributed by atoms with Gasteiger partial charge in [-0.25, -0.2) is 0 Å². The van der Waals surface area contributed by atoms with Crippen LogP contribution in [0.25, 0.3) is 0 Å². The molecule has 1 unspecified atom stereocenters. The fraction of sp³-hybridized carbons (Fsp3) is 0. The van der Waals surface area contributed by atoms with Crippen molar-refractivity contribution in [3.63, 3.8) is 0 Å². The molecule has 0 bridgehead atoms. The Bertz CT molecular complexity index is 334. The van der Waals surface area contributed by atoms with Gasteiger partial charge in [-0.2, -0.15) is 119 Å². The first kappa shape index (κ1) is 56.9. The second-order valence-electron chi connectivity index (χ2n) is 3.23. The van der Waals surface area contributed by atoms with Crippen LogP contribution >= 0.6 is 9.90 Å². The van der Waals surface area contributed by atoms with Crippen LogP contribution in [0.2, 0.25) is 0 Å². The molecule has 3 rings (SSSR count). The minimum absolute atomic E-state index is 0. The van der Waals surface area contributed by atoms with Crippen LogP contribution in [-0.4, -0.2) is 0 Å². The molecule has 0 heterocycles. The quantitative estimate of drug-likeness (QED) is 0.0931. The van der Waals surface area contributed by atoms with E-state index in [1.807, 2.05) is 91.0 Å². The zero-order valence-corrected chi connectivity index (χ0v) is 23.9. The third-order valence-corrected chi connectivity index (χ3v) is 1.82. The first-order valence-corrected chi connectivity index (χ1v) is 5.73.